The molecule has 5 aromatic carbocycles. The Morgan fingerprint density at radius 1 is 0.500 bits per heavy atom. The SMILES string of the molecule is CC(=O)C[C@@H](C(=O)OC(C)(C)C)N(CCCCN([C@@H](CC(C)=O)C(=O)OC(C)(C)C)S(=O)(=O)N(Cc1ccc(OC(=O)c2ccc(N=C(C)NC(=O)OC(C)(C)C)cc2)cc1)C(=O)OCc1ccccc1)S(=O)(=O)CCc1ccc(OC(=O)c2ccc(CC(C)=NC(=O)OC(C)(C)C)cc2)cc1. The number of hydrogen-bond donors (Lipinski definition) is 1. The maximum absolute atomic E-state index is 15.6. The van der Waals surface area contributed by atoms with E-state index in [9.17, 15) is 51.6 Å². The number of esters is 4. The first kappa shape index (κ1) is 83.2. The molecule has 0 heterocycles. The molecule has 0 bridgehead atoms. The van der Waals surface area contributed by atoms with E-state index in [4.69, 9.17) is 33.2 Å². The summed E-state index contributed by atoms with van der Waals surface area (Å²) in [7, 11) is -9.92. The lowest BCUT2D eigenvalue weighted by atomic mass is 10.1. The standard InChI is InChI=1S/C74H94N6O20S2/c1-49(75-68(87)99-73(11,12)13)44-54-24-30-57(31-25-54)64(83)95-60-36-26-53(27-37-60)40-43-101(90,91)78(62(45-50(2)81)66(85)97-71(5,6)7)41-20-21-42-79(63(46-51(3)82)67(86)98-72(8,9)10)102(92,93)80(70(89)94-48-56-22-18-17-19-23-56)47-55-28-38-61(39-29-55)96-65(84)58-32-34-59(35-33-58)76-52(4)77-69(88)100-74(14,15)16/h17-19,22-39,62-63H,20-21,40-48H2,1-16H3,(H,76,77,88)/t62-,63-/m0/s1. The fraction of sp³-hybridized carbons (Fsp3) is 0.446. The molecular weight excluding hydrogens is 1360 g/mol. The molecule has 1 N–H and O–H groups in total. The molecule has 0 spiro atoms. The van der Waals surface area contributed by atoms with Crippen LogP contribution in [0.1, 0.15) is 179 Å². The number of amidine groups is 1. The molecule has 102 heavy (non-hydrogen) atoms. The maximum atomic E-state index is 15.6. The predicted molar refractivity (Wildman–Crippen MR) is 382 cm³/mol. The van der Waals surface area contributed by atoms with E-state index in [-0.39, 0.29) is 53.3 Å². The molecule has 0 unspecified atom stereocenters. The highest BCUT2D eigenvalue weighted by molar-refractivity contribution is 7.89. The van der Waals surface area contributed by atoms with Crippen LogP contribution in [-0.4, -0.2) is 148 Å². The summed E-state index contributed by atoms with van der Waals surface area (Å²) in [5, 5.41) is 2.53. The number of alkyl carbamates (subject to hydrolysis) is 1. The van der Waals surface area contributed by atoms with E-state index in [0.717, 1.165) is 16.8 Å². The number of unbranched alkanes of at least 4 members (excludes halogenated alkanes) is 1. The van der Waals surface area contributed by atoms with Gasteiger partial charge in [0.05, 0.1) is 29.1 Å². The van der Waals surface area contributed by atoms with Gasteiger partial charge in [-0.15, -0.1) is 0 Å². The van der Waals surface area contributed by atoms with Crippen molar-refractivity contribution in [2.45, 2.75) is 197 Å². The number of aryl methyl sites for hydroxylation is 1. The minimum Gasteiger partial charge on any atom is -0.459 e. The van der Waals surface area contributed by atoms with Gasteiger partial charge < -0.3 is 33.2 Å². The van der Waals surface area contributed by atoms with E-state index in [1.54, 1.807) is 143 Å². The van der Waals surface area contributed by atoms with Crippen molar-refractivity contribution in [3.8, 4) is 11.5 Å². The Kier molecular flexibility index (Phi) is 29.7. The van der Waals surface area contributed by atoms with Gasteiger partial charge in [0.2, 0.25) is 10.0 Å². The summed E-state index contributed by atoms with van der Waals surface area (Å²) in [5.41, 5.74) is -0.758. The lowest BCUT2D eigenvalue weighted by Gasteiger charge is -2.35. The molecule has 552 valence electrons. The fourth-order valence-corrected chi connectivity index (χ4v) is 13.0. The molecule has 0 aromatic heterocycles. The molecule has 26 nitrogen and oxygen atoms in total. The summed E-state index contributed by atoms with van der Waals surface area (Å²) < 4.78 is 101. The van der Waals surface area contributed by atoms with Crippen LogP contribution in [0.15, 0.2) is 137 Å². The third-order valence-corrected chi connectivity index (χ3v) is 17.7. The van der Waals surface area contributed by atoms with Crippen LogP contribution in [-0.2, 0) is 89.1 Å². The quantitative estimate of drug-likeness (QED) is 0.0111. The van der Waals surface area contributed by atoms with Gasteiger partial charge in [0.25, 0.3) is 0 Å². The lowest BCUT2D eigenvalue weighted by molar-refractivity contribution is -0.161. The van der Waals surface area contributed by atoms with Crippen LogP contribution >= 0.6 is 0 Å². The van der Waals surface area contributed by atoms with Gasteiger partial charge in [-0.25, -0.2) is 37.4 Å². The molecule has 5 aromatic rings. The molecule has 0 saturated carbocycles. The Morgan fingerprint density at radius 3 is 1.41 bits per heavy atom. The summed E-state index contributed by atoms with van der Waals surface area (Å²) in [6.45, 7) is 22.7. The van der Waals surface area contributed by atoms with Gasteiger partial charge in [-0.05, 0) is 213 Å². The van der Waals surface area contributed by atoms with Gasteiger partial charge in [0.1, 0.15) is 70.0 Å². The molecule has 0 radical (unpaired) electrons. The zero-order chi connectivity index (χ0) is 76.1. The summed E-state index contributed by atoms with van der Waals surface area (Å²) >= 11 is 0. The number of hydrogen-bond acceptors (Lipinski definition) is 21. The predicted octanol–water partition coefficient (Wildman–Crippen LogP) is 12.4. The number of nitrogens with one attached hydrogen (secondary N) is 1. The first-order valence-electron chi connectivity index (χ1n) is 32.9. The third kappa shape index (κ3) is 28.9. The fourth-order valence-electron chi connectivity index (χ4n) is 9.63. The number of Topliss-reactive ketones (excluding diaryl/α,β-unsaturated/α-hetero) is 2. The van der Waals surface area contributed by atoms with Crippen LogP contribution < -0.4 is 14.8 Å². The number of rotatable bonds is 30. The third-order valence-electron chi connectivity index (χ3n) is 14.0. The average molecular weight is 1450 g/mol. The molecule has 0 aliphatic heterocycles. The topological polar surface area (TPSA) is 333 Å². The first-order valence-corrected chi connectivity index (χ1v) is 35.9. The van der Waals surface area contributed by atoms with Crippen molar-refractivity contribution in [3.63, 3.8) is 0 Å². The second-order valence-corrected chi connectivity index (χ2v) is 31.9. The molecule has 2 atom stereocenters. The molecule has 0 aliphatic rings. The van der Waals surface area contributed by atoms with Gasteiger partial charge in [-0.2, -0.15) is 26.3 Å². The summed E-state index contributed by atoms with van der Waals surface area (Å²) in [6.07, 6.45) is -4.62. The van der Waals surface area contributed by atoms with E-state index in [0.29, 0.717) is 37.6 Å². The van der Waals surface area contributed by atoms with Crippen molar-refractivity contribution in [1.82, 2.24) is 18.2 Å². The number of ketones is 2. The van der Waals surface area contributed by atoms with Gasteiger partial charge in [0.15, 0.2) is 0 Å². The summed E-state index contributed by atoms with van der Waals surface area (Å²) in [4.78, 5) is 128. The van der Waals surface area contributed by atoms with Crippen molar-refractivity contribution in [3.05, 3.63) is 161 Å². The number of carbonyl (C=O) groups is 9. The monoisotopic (exact) mass is 1450 g/mol. The zero-order valence-electron chi connectivity index (χ0n) is 60.8. The smallest absolute Gasteiger partial charge is 0.434 e. The molecule has 3 amide bonds. The van der Waals surface area contributed by atoms with Gasteiger partial charge in [-0.1, -0.05) is 66.7 Å². The molecule has 5 rings (SSSR count). The second-order valence-electron chi connectivity index (χ2n) is 28.1. The highest BCUT2D eigenvalue weighted by atomic mass is 32.2. The Balaban J connectivity index is 1.43. The number of sulfonamides is 1. The zero-order valence-corrected chi connectivity index (χ0v) is 62.4. The van der Waals surface area contributed by atoms with Crippen LogP contribution in [0.5, 0.6) is 11.5 Å². The summed E-state index contributed by atoms with van der Waals surface area (Å²) in [6, 6.07) is 28.6. The van der Waals surface area contributed by atoms with E-state index < -0.39 is 153 Å². The van der Waals surface area contributed by atoms with E-state index in [1.165, 1.54) is 88.4 Å². The maximum Gasteiger partial charge on any atom is 0.434 e. The second kappa shape index (κ2) is 36.4. The Morgan fingerprint density at radius 2 is 0.941 bits per heavy atom. The van der Waals surface area contributed by atoms with Crippen molar-refractivity contribution in [1.29, 1.82) is 0 Å². The van der Waals surface area contributed by atoms with Crippen LogP contribution in [0.2, 0.25) is 0 Å². The molecular formula is C74H94N6O20S2. The van der Waals surface area contributed by atoms with E-state index in [2.05, 4.69) is 15.3 Å². The Hall–Kier alpha value is -9.51. The minimum atomic E-state index is -5.35. The van der Waals surface area contributed by atoms with Crippen molar-refractivity contribution in [2.24, 2.45) is 9.98 Å². The van der Waals surface area contributed by atoms with Gasteiger partial charge >= 0.3 is 52.4 Å². The number of nitrogens with zero attached hydrogens (tertiary/aromatic N) is 5. The van der Waals surface area contributed by atoms with Crippen LogP contribution in [0.4, 0.5) is 20.1 Å². The first-order chi connectivity index (χ1) is 47.3. The van der Waals surface area contributed by atoms with Gasteiger partial charge in [-0.3, -0.25) is 24.5 Å². The number of carbonyl (C=O) groups excluding carboxylic acids is 9. The van der Waals surface area contributed by atoms with E-state index in [1.807, 2.05) is 0 Å². The highest BCUT2D eigenvalue weighted by Gasteiger charge is 2.44. The normalized spacial score (nSPS) is 13.1. The largest absolute Gasteiger partial charge is 0.459 e. The van der Waals surface area contributed by atoms with Gasteiger partial charge in [0, 0.05) is 38.1 Å². The molecule has 0 fully saturated rings. The average Bonchev–Trinajstić information content (AvgIpc) is 0.781. The number of benzene rings is 5. The number of ether oxygens (including phenoxy) is 7. The van der Waals surface area contributed by atoms with Crippen LogP contribution in [0.3, 0.4) is 0 Å². The number of amides is 3. The van der Waals surface area contributed by atoms with E-state index >= 15 is 8.42 Å². The highest BCUT2D eigenvalue weighted by Crippen LogP contribution is 2.28. The molecule has 28 heteroatoms. The Labute approximate surface area is 597 Å². The van der Waals surface area contributed by atoms with Crippen molar-refractivity contribution in [2.75, 3.05) is 18.8 Å². The lowest BCUT2D eigenvalue weighted by Crippen LogP contribution is -2.54. The number of aliphatic imine (C=N–C) groups is 2. The minimum absolute atomic E-state index is 0.0124. The van der Waals surface area contributed by atoms with Crippen LogP contribution in [0.25, 0.3) is 0 Å². The Bertz CT molecular complexity index is 4060. The summed E-state index contributed by atoms with van der Waals surface area (Å²) in [5.74, 6) is -5.17. The van der Waals surface area contributed by atoms with Crippen molar-refractivity contribution >= 4 is 91.2 Å². The molecule has 0 saturated heterocycles. The van der Waals surface area contributed by atoms with Crippen LogP contribution in [0, 0.1) is 0 Å². The molecule has 0 aliphatic carbocycles. The van der Waals surface area contributed by atoms with Crippen molar-refractivity contribution < 1.29 is 93.1 Å².